The standard InChI is InChI=1S/C12H27N/c1-10(2)7-6-8-12(5)9-13-11(3)4/h10-13H,6-9H2,1-5H3/t12-/m1/s1. The van der Waals surface area contributed by atoms with Crippen LogP contribution in [-0.2, 0) is 0 Å². The van der Waals surface area contributed by atoms with Crippen LogP contribution in [0.2, 0.25) is 0 Å². The van der Waals surface area contributed by atoms with Crippen molar-refractivity contribution < 1.29 is 0 Å². The zero-order valence-electron chi connectivity index (χ0n) is 10.1. The first-order chi connectivity index (χ1) is 6.02. The van der Waals surface area contributed by atoms with E-state index in [0.717, 1.165) is 11.8 Å². The molecule has 0 saturated heterocycles. The Balaban J connectivity index is 3.25. The Morgan fingerprint density at radius 2 is 1.54 bits per heavy atom. The largest absolute Gasteiger partial charge is 0.314 e. The predicted molar refractivity (Wildman–Crippen MR) is 61.0 cm³/mol. The van der Waals surface area contributed by atoms with Crippen molar-refractivity contribution in [1.29, 1.82) is 0 Å². The summed E-state index contributed by atoms with van der Waals surface area (Å²) in [6.07, 6.45) is 4.14. The minimum Gasteiger partial charge on any atom is -0.314 e. The van der Waals surface area contributed by atoms with Crippen LogP contribution in [-0.4, -0.2) is 12.6 Å². The molecule has 0 amide bonds. The Morgan fingerprint density at radius 3 is 2.00 bits per heavy atom. The SMILES string of the molecule is CC(C)CCC[C@@H](C)CNC(C)C. The van der Waals surface area contributed by atoms with Crippen molar-refractivity contribution in [2.75, 3.05) is 6.54 Å². The number of nitrogens with one attached hydrogen (secondary N) is 1. The van der Waals surface area contributed by atoms with E-state index < -0.39 is 0 Å². The van der Waals surface area contributed by atoms with Gasteiger partial charge in [0.25, 0.3) is 0 Å². The Bertz CT molecular complexity index is 108. The van der Waals surface area contributed by atoms with Crippen LogP contribution >= 0.6 is 0 Å². The summed E-state index contributed by atoms with van der Waals surface area (Å²) in [4.78, 5) is 0. The van der Waals surface area contributed by atoms with Crippen LogP contribution in [0.15, 0.2) is 0 Å². The summed E-state index contributed by atoms with van der Waals surface area (Å²) in [6, 6.07) is 0.632. The number of rotatable bonds is 7. The third-order valence-corrected chi connectivity index (χ3v) is 2.35. The quantitative estimate of drug-likeness (QED) is 0.640. The fourth-order valence-electron chi connectivity index (χ4n) is 1.41. The summed E-state index contributed by atoms with van der Waals surface area (Å²) in [6.45, 7) is 12.5. The fourth-order valence-corrected chi connectivity index (χ4v) is 1.41. The molecule has 0 aliphatic heterocycles. The molecule has 0 heterocycles. The summed E-state index contributed by atoms with van der Waals surface area (Å²) in [5.41, 5.74) is 0. The van der Waals surface area contributed by atoms with Crippen LogP contribution in [0.4, 0.5) is 0 Å². The maximum absolute atomic E-state index is 3.48. The molecule has 0 aromatic heterocycles. The molecule has 0 fully saturated rings. The zero-order valence-corrected chi connectivity index (χ0v) is 10.1. The lowest BCUT2D eigenvalue weighted by atomic mass is 9.99. The molecule has 0 spiro atoms. The van der Waals surface area contributed by atoms with Gasteiger partial charge in [-0.2, -0.15) is 0 Å². The summed E-state index contributed by atoms with van der Waals surface area (Å²) in [7, 11) is 0. The van der Waals surface area contributed by atoms with Crippen molar-refractivity contribution in [1.82, 2.24) is 5.32 Å². The van der Waals surface area contributed by atoms with Crippen LogP contribution in [0, 0.1) is 11.8 Å². The van der Waals surface area contributed by atoms with Crippen molar-refractivity contribution in [2.24, 2.45) is 11.8 Å². The third kappa shape index (κ3) is 9.88. The first-order valence-corrected chi connectivity index (χ1v) is 5.75. The molecule has 0 aliphatic carbocycles. The van der Waals surface area contributed by atoms with E-state index in [2.05, 4.69) is 39.9 Å². The van der Waals surface area contributed by atoms with Crippen LogP contribution in [0.3, 0.4) is 0 Å². The highest BCUT2D eigenvalue weighted by Gasteiger charge is 2.03. The Morgan fingerprint density at radius 1 is 0.923 bits per heavy atom. The summed E-state index contributed by atoms with van der Waals surface area (Å²) in [5.74, 6) is 1.70. The van der Waals surface area contributed by atoms with E-state index >= 15 is 0 Å². The van der Waals surface area contributed by atoms with Crippen molar-refractivity contribution in [3.63, 3.8) is 0 Å². The molecule has 0 aromatic rings. The van der Waals surface area contributed by atoms with Crippen molar-refractivity contribution >= 4 is 0 Å². The maximum atomic E-state index is 3.48. The van der Waals surface area contributed by atoms with E-state index in [1.165, 1.54) is 25.8 Å². The van der Waals surface area contributed by atoms with E-state index in [-0.39, 0.29) is 0 Å². The van der Waals surface area contributed by atoms with Gasteiger partial charge in [0, 0.05) is 6.04 Å². The molecule has 0 radical (unpaired) electrons. The first-order valence-electron chi connectivity index (χ1n) is 5.75. The molecule has 1 N–H and O–H groups in total. The second-order valence-corrected chi connectivity index (χ2v) is 4.99. The van der Waals surface area contributed by atoms with Crippen molar-refractivity contribution in [2.45, 2.75) is 59.9 Å². The van der Waals surface area contributed by atoms with Gasteiger partial charge in [-0.25, -0.2) is 0 Å². The maximum Gasteiger partial charge on any atom is 0.00104 e. The molecule has 0 rings (SSSR count). The zero-order chi connectivity index (χ0) is 10.3. The lowest BCUT2D eigenvalue weighted by molar-refractivity contribution is 0.419. The van der Waals surface area contributed by atoms with Gasteiger partial charge in [-0.15, -0.1) is 0 Å². The van der Waals surface area contributed by atoms with Crippen LogP contribution in [0.25, 0.3) is 0 Å². The molecular formula is C12H27N. The fraction of sp³-hybridized carbons (Fsp3) is 1.00. The summed E-state index contributed by atoms with van der Waals surface area (Å²) < 4.78 is 0. The Kier molecular flexibility index (Phi) is 7.35. The number of hydrogen-bond acceptors (Lipinski definition) is 1. The van der Waals surface area contributed by atoms with Crippen molar-refractivity contribution in [3.05, 3.63) is 0 Å². The highest BCUT2D eigenvalue weighted by molar-refractivity contribution is 4.60. The Labute approximate surface area is 84.3 Å². The average molecular weight is 185 g/mol. The van der Waals surface area contributed by atoms with Gasteiger partial charge in [-0.3, -0.25) is 0 Å². The van der Waals surface area contributed by atoms with Crippen molar-refractivity contribution in [3.8, 4) is 0 Å². The molecule has 0 unspecified atom stereocenters. The van der Waals surface area contributed by atoms with Gasteiger partial charge < -0.3 is 5.32 Å². The van der Waals surface area contributed by atoms with E-state index in [1.54, 1.807) is 0 Å². The minimum absolute atomic E-state index is 0.632. The van der Waals surface area contributed by atoms with Gasteiger partial charge >= 0.3 is 0 Å². The lowest BCUT2D eigenvalue weighted by Gasteiger charge is -2.15. The molecule has 1 atom stereocenters. The van der Waals surface area contributed by atoms with Crippen LogP contribution < -0.4 is 5.32 Å². The lowest BCUT2D eigenvalue weighted by Crippen LogP contribution is -2.27. The molecule has 80 valence electrons. The highest BCUT2D eigenvalue weighted by atomic mass is 14.9. The normalized spacial score (nSPS) is 14.1. The topological polar surface area (TPSA) is 12.0 Å². The van der Waals surface area contributed by atoms with Gasteiger partial charge in [0.15, 0.2) is 0 Å². The summed E-state index contributed by atoms with van der Waals surface area (Å²) in [5, 5.41) is 3.48. The molecule has 0 aromatic carbocycles. The monoisotopic (exact) mass is 185 g/mol. The van der Waals surface area contributed by atoms with Gasteiger partial charge in [-0.05, 0) is 24.8 Å². The van der Waals surface area contributed by atoms with E-state index in [9.17, 15) is 0 Å². The van der Waals surface area contributed by atoms with E-state index in [1.807, 2.05) is 0 Å². The molecule has 0 saturated carbocycles. The molecule has 1 heteroatoms. The van der Waals surface area contributed by atoms with E-state index in [0.29, 0.717) is 6.04 Å². The third-order valence-electron chi connectivity index (χ3n) is 2.35. The number of hydrogen-bond donors (Lipinski definition) is 1. The van der Waals surface area contributed by atoms with Gasteiger partial charge in [0.05, 0.1) is 0 Å². The van der Waals surface area contributed by atoms with Crippen LogP contribution in [0.5, 0.6) is 0 Å². The van der Waals surface area contributed by atoms with Gasteiger partial charge in [-0.1, -0.05) is 47.5 Å². The first kappa shape index (κ1) is 13.0. The van der Waals surface area contributed by atoms with E-state index in [4.69, 9.17) is 0 Å². The molecule has 0 aliphatic rings. The smallest absolute Gasteiger partial charge is 0.00104 e. The van der Waals surface area contributed by atoms with Gasteiger partial charge in [0.2, 0.25) is 0 Å². The van der Waals surface area contributed by atoms with Gasteiger partial charge in [0.1, 0.15) is 0 Å². The molecule has 1 nitrogen and oxygen atoms in total. The molecular weight excluding hydrogens is 158 g/mol. The Hall–Kier alpha value is -0.0400. The predicted octanol–water partition coefficient (Wildman–Crippen LogP) is 3.45. The molecule has 13 heavy (non-hydrogen) atoms. The highest BCUT2D eigenvalue weighted by Crippen LogP contribution is 2.11. The minimum atomic E-state index is 0.632. The second kappa shape index (κ2) is 7.37. The van der Waals surface area contributed by atoms with Crippen LogP contribution in [0.1, 0.15) is 53.9 Å². The summed E-state index contributed by atoms with van der Waals surface area (Å²) >= 11 is 0. The average Bonchev–Trinajstić information content (AvgIpc) is 2.00. The molecule has 0 bridgehead atoms. The second-order valence-electron chi connectivity index (χ2n) is 4.99.